The molecule has 0 saturated heterocycles. The molecular weight excluding hydrogens is 296 g/mol. The fraction of sp³-hybridized carbons (Fsp3) is 0.533. The minimum absolute atomic E-state index is 0.0459. The van der Waals surface area contributed by atoms with Crippen LogP contribution in [-0.2, 0) is 4.79 Å². The van der Waals surface area contributed by atoms with Gasteiger partial charge in [0.15, 0.2) is 0 Å². The van der Waals surface area contributed by atoms with E-state index in [1.165, 1.54) is 12.1 Å². The van der Waals surface area contributed by atoms with Crippen molar-refractivity contribution in [3.63, 3.8) is 0 Å². The molecule has 0 spiro atoms. The topological polar surface area (TPSA) is 49.3 Å². The largest absolute Gasteiger partial charge is 0.394 e. The number of carbonyl (C=O) groups excluding carboxylic acids is 1. The Kier molecular flexibility index (Phi) is 5.58. The highest BCUT2D eigenvalue weighted by Crippen LogP contribution is 2.28. The Bertz CT molecular complexity index is 504. The van der Waals surface area contributed by atoms with E-state index in [1.54, 1.807) is 0 Å². The summed E-state index contributed by atoms with van der Waals surface area (Å²) in [5.74, 6) is -1.49. The van der Waals surface area contributed by atoms with Crippen LogP contribution in [0, 0.1) is 11.6 Å². The molecular formula is C15H19F2NO2S. The molecule has 1 aliphatic carbocycles. The van der Waals surface area contributed by atoms with Crippen molar-refractivity contribution in [1.82, 2.24) is 5.32 Å². The average Bonchev–Trinajstić information content (AvgIpc) is 2.47. The molecule has 1 saturated carbocycles. The van der Waals surface area contributed by atoms with Gasteiger partial charge >= 0.3 is 0 Å². The molecule has 0 unspecified atom stereocenters. The van der Waals surface area contributed by atoms with Gasteiger partial charge in [0, 0.05) is 11.0 Å². The lowest BCUT2D eigenvalue weighted by molar-refractivity contribution is -0.121. The second-order valence-corrected chi connectivity index (χ2v) is 6.43. The Labute approximate surface area is 127 Å². The Hall–Kier alpha value is -1.14. The molecule has 1 aromatic carbocycles. The van der Waals surface area contributed by atoms with Gasteiger partial charge in [0.2, 0.25) is 5.91 Å². The van der Waals surface area contributed by atoms with Crippen molar-refractivity contribution in [2.75, 3.05) is 12.4 Å². The quantitative estimate of drug-likeness (QED) is 0.822. The van der Waals surface area contributed by atoms with Gasteiger partial charge in [-0.2, -0.15) is 0 Å². The van der Waals surface area contributed by atoms with Crippen LogP contribution in [0.2, 0.25) is 0 Å². The molecule has 0 heterocycles. The summed E-state index contributed by atoms with van der Waals surface area (Å²) in [4.78, 5) is 12.2. The SMILES string of the molecule is O=C(CSc1ccc(F)cc1F)NC1(CO)CCCCC1. The first kappa shape index (κ1) is 16.2. The molecule has 2 N–H and O–H groups in total. The minimum Gasteiger partial charge on any atom is -0.394 e. The predicted molar refractivity (Wildman–Crippen MR) is 78.1 cm³/mol. The van der Waals surface area contributed by atoms with Gasteiger partial charge in [0.25, 0.3) is 0 Å². The maximum absolute atomic E-state index is 13.5. The lowest BCUT2D eigenvalue weighted by Crippen LogP contribution is -2.53. The number of amides is 1. The van der Waals surface area contributed by atoms with Gasteiger partial charge in [-0.05, 0) is 25.0 Å². The monoisotopic (exact) mass is 315 g/mol. The van der Waals surface area contributed by atoms with Gasteiger partial charge in [-0.1, -0.05) is 19.3 Å². The third-order valence-electron chi connectivity index (χ3n) is 3.77. The first-order valence-corrected chi connectivity index (χ1v) is 8.03. The summed E-state index contributed by atoms with van der Waals surface area (Å²) in [6.45, 7) is -0.0751. The van der Waals surface area contributed by atoms with E-state index in [0.717, 1.165) is 49.9 Å². The van der Waals surface area contributed by atoms with Crippen molar-refractivity contribution < 1.29 is 18.7 Å². The maximum atomic E-state index is 13.5. The third-order valence-corrected chi connectivity index (χ3v) is 4.82. The fourth-order valence-electron chi connectivity index (χ4n) is 2.62. The van der Waals surface area contributed by atoms with Crippen molar-refractivity contribution in [2.45, 2.75) is 42.5 Å². The lowest BCUT2D eigenvalue weighted by Gasteiger charge is -2.36. The molecule has 6 heteroatoms. The number of thioether (sulfide) groups is 1. The highest BCUT2D eigenvalue weighted by atomic mass is 32.2. The lowest BCUT2D eigenvalue weighted by atomic mass is 9.82. The summed E-state index contributed by atoms with van der Waals surface area (Å²) >= 11 is 1.03. The number of nitrogens with one attached hydrogen (secondary N) is 1. The van der Waals surface area contributed by atoms with E-state index >= 15 is 0 Å². The standard InChI is InChI=1S/C15H19F2NO2S/c16-11-4-5-13(12(17)8-11)21-9-14(20)18-15(10-19)6-2-1-3-7-15/h4-5,8,19H,1-3,6-7,9-10H2,(H,18,20). The normalized spacial score (nSPS) is 17.5. The molecule has 2 rings (SSSR count). The molecule has 0 aromatic heterocycles. The van der Waals surface area contributed by atoms with Crippen LogP contribution in [0.4, 0.5) is 8.78 Å². The molecule has 0 bridgehead atoms. The molecule has 1 aromatic rings. The van der Waals surface area contributed by atoms with Gasteiger partial charge < -0.3 is 10.4 Å². The Balaban J connectivity index is 1.89. The Morgan fingerprint density at radius 3 is 2.62 bits per heavy atom. The second kappa shape index (κ2) is 7.22. The van der Waals surface area contributed by atoms with E-state index in [4.69, 9.17) is 0 Å². The number of aliphatic hydroxyl groups is 1. The van der Waals surface area contributed by atoms with Crippen LogP contribution in [0.15, 0.2) is 23.1 Å². The molecule has 1 fully saturated rings. The zero-order valence-corrected chi connectivity index (χ0v) is 12.5. The van der Waals surface area contributed by atoms with Crippen molar-refractivity contribution >= 4 is 17.7 Å². The molecule has 3 nitrogen and oxygen atoms in total. The zero-order chi connectivity index (χ0) is 15.3. The summed E-state index contributed by atoms with van der Waals surface area (Å²) in [5.41, 5.74) is -0.531. The summed E-state index contributed by atoms with van der Waals surface area (Å²) in [5, 5.41) is 12.4. The Morgan fingerprint density at radius 2 is 2.00 bits per heavy atom. The number of rotatable bonds is 5. The van der Waals surface area contributed by atoms with Crippen molar-refractivity contribution in [3.05, 3.63) is 29.8 Å². The predicted octanol–water partition coefficient (Wildman–Crippen LogP) is 2.87. The summed E-state index contributed by atoms with van der Waals surface area (Å²) in [6.07, 6.45) is 4.63. The summed E-state index contributed by atoms with van der Waals surface area (Å²) in [6, 6.07) is 3.29. The maximum Gasteiger partial charge on any atom is 0.230 e. The van der Waals surface area contributed by atoms with Gasteiger partial charge in [0.1, 0.15) is 11.6 Å². The number of hydrogen-bond donors (Lipinski definition) is 2. The van der Waals surface area contributed by atoms with Crippen LogP contribution in [0.25, 0.3) is 0 Å². The average molecular weight is 315 g/mol. The molecule has 1 amide bonds. The molecule has 0 atom stereocenters. The molecule has 21 heavy (non-hydrogen) atoms. The number of halogens is 2. The van der Waals surface area contributed by atoms with Crippen molar-refractivity contribution in [2.24, 2.45) is 0 Å². The van der Waals surface area contributed by atoms with Crippen LogP contribution >= 0.6 is 11.8 Å². The van der Waals surface area contributed by atoms with Crippen LogP contribution in [0.1, 0.15) is 32.1 Å². The van der Waals surface area contributed by atoms with Crippen LogP contribution in [0.5, 0.6) is 0 Å². The molecule has 0 aliphatic heterocycles. The molecule has 0 radical (unpaired) electrons. The summed E-state index contributed by atoms with van der Waals surface area (Å²) < 4.78 is 26.3. The number of carbonyl (C=O) groups is 1. The van der Waals surface area contributed by atoms with E-state index in [2.05, 4.69) is 5.32 Å². The van der Waals surface area contributed by atoms with E-state index in [-0.39, 0.29) is 23.2 Å². The highest BCUT2D eigenvalue weighted by Gasteiger charge is 2.32. The first-order chi connectivity index (χ1) is 10.0. The van der Waals surface area contributed by atoms with Crippen LogP contribution < -0.4 is 5.32 Å². The van der Waals surface area contributed by atoms with E-state index < -0.39 is 17.2 Å². The van der Waals surface area contributed by atoms with E-state index in [1.807, 2.05) is 0 Å². The van der Waals surface area contributed by atoms with Crippen LogP contribution in [0.3, 0.4) is 0 Å². The number of hydrogen-bond acceptors (Lipinski definition) is 3. The minimum atomic E-state index is -0.665. The van der Waals surface area contributed by atoms with E-state index in [0.29, 0.717) is 0 Å². The Morgan fingerprint density at radius 1 is 1.29 bits per heavy atom. The molecule has 116 valence electrons. The number of benzene rings is 1. The van der Waals surface area contributed by atoms with Crippen molar-refractivity contribution in [1.29, 1.82) is 0 Å². The smallest absolute Gasteiger partial charge is 0.230 e. The second-order valence-electron chi connectivity index (χ2n) is 5.41. The highest BCUT2D eigenvalue weighted by molar-refractivity contribution is 8.00. The van der Waals surface area contributed by atoms with Gasteiger partial charge in [-0.15, -0.1) is 11.8 Å². The van der Waals surface area contributed by atoms with Gasteiger partial charge in [-0.3, -0.25) is 4.79 Å². The van der Waals surface area contributed by atoms with Gasteiger partial charge in [-0.25, -0.2) is 8.78 Å². The van der Waals surface area contributed by atoms with Crippen molar-refractivity contribution in [3.8, 4) is 0 Å². The van der Waals surface area contributed by atoms with E-state index in [9.17, 15) is 18.7 Å². The first-order valence-electron chi connectivity index (χ1n) is 7.04. The number of aliphatic hydroxyl groups excluding tert-OH is 1. The molecule has 1 aliphatic rings. The van der Waals surface area contributed by atoms with Gasteiger partial charge in [0.05, 0.1) is 17.9 Å². The third kappa shape index (κ3) is 4.41. The zero-order valence-electron chi connectivity index (χ0n) is 11.7. The summed E-state index contributed by atoms with van der Waals surface area (Å²) in [7, 11) is 0. The van der Waals surface area contributed by atoms with Crippen LogP contribution in [-0.4, -0.2) is 28.9 Å². The fourth-order valence-corrected chi connectivity index (χ4v) is 3.34.